The molecule has 1 aromatic rings. The van der Waals surface area contributed by atoms with Gasteiger partial charge >= 0.3 is 17.9 Å². The normalized spacial score (nSPS) is 43.9. The van der Waals surface area contributed by atoms with E-state index >= 15 is 0 Å². The minimum absolute atomic E-state index is 0.0237. The first-order chi connectivity index (χ1) is 21.2. The fraction of sp³-hybridized carbons (Fsp3) is 0.686. The number of allylic oxidation sites excluding steroid dienone is 2. The summed E-state index contributed by atoms with van der Waals surface area (Å²) < 4.78 is 37.2. The van der Waals surface area contributed by atoms with Crippen LogP contribution in [0.15, 0.2) is 45.8 Å². The van der Waals surface area contributed by atoms with Crippen molar-refractivity contribution < 1.29 is 47.6 Å². The second kappa shape index (κ2) is 11.1. The average molecular weight is 627 g/mol. The molecule has 3 aliphatic carbocycles. The summed E-state index contributed by atoms with van der Waals surface area (Å²) >= 11 is 0. The van der Waals surface area contributed by atoms with Crippen molar-refractivity contribution in [2.24, 2.45) is 28.1 Å². The van der Waals surface area contributed by atoms with Crippen LogP contribution in [0.5, 0.6) is 0 Å². The molecule has 0 bridgehead atoms. The number of aliphatic hydroxyl groups is 1. The van der Waals surface area contributed by atoms with Crippen molar-refractivity contribution in [2.75, 3.05) is 6.61 Å². The smallest absolute Gasteiger partial charge is 0.333 e. The predicted molar refractivity (Wildman–Crippen MR) is 160 cm³/mol. The Morgan fingerprint density at radius 2 is 1.69 bits per heavy atom. The highest BCUT2D eigenvalue weighted by Crippen LogP contribution is 2.72. The van der Waals surface area contributed by atoms with Gasteiger partial charge in [-0.25, -0.2) is 4.79 Å². The maximum Gasteiger partial charge on any atom is 0.333 e. The third-order valence-corrected chi connectivity index (χ3v) is 12.1. The van der Waals surface area contributed by atoms with E-state index in [9.17, 15) is 19.5 Å². The van der Waals surface area contributed by atoms with Gasteiger partial charge in [-0.15, -0.1) is 0 Å². The monoisotopic (exact) mass is 626 g/mol. The molecule has 3 heterocycles. The number of aliphatic hydroxyl groups excluding tert-OH is 1. The van der Waals surface area contributed by atoms with Crippen LogP contribution < -0.4 is 0 Å². The Bertz CT molecular complexity index is 1430. The lowest BCUT2D eigenvalue weighted by atomic mass is 9.39. The summed E-state index contributed by atoms with van der Waals surface area (Å²) in [5.41, 5.74) is 1.18. The van der Waals surface area contributed by atoms with Gasteiger partial charge in [-0.05, 0) is 50.3 Å². The molecule has 6 rings (SSSR count). The lowest BCUT2D eigenvalue weighted by Gasteiger charge is -2.66. The van der Waals surface area contributed by atoms with E-state index in [1.165, 1.54) is 13.8 Å². The molecule has 1 N–H and O–H groups in total. The molecule has 45 heavy (non-hydrogen) atoms. The third kappa shape index (κ3) is 4.65. The van der Waals surface area contributed by atoms with Crippen molar-refractivity contribution in [2.45, 2.75) is 117 Å². The van der Waals surface area contributed by atoms with Crippen molar-refractivity contribution in [3.63, 3.8) is 0 Å². The molecule has 0 aromatic carbocycles. The predicted octanol–water partition coefficient (Wildman–Crippen LogP) is 5.00. The molecule has 10 heteroatoms. The van der Waals surface area contributed by atoms with E-state index in [-0.39, 0.29) is 37.2 Å². The Kier molecular flexibility index (Phi) is 7.89. The highest BCUT2D eigenvalue weighted by atomic mass is 16.6. The molecule has 12 atom stereocenters. The van der Waals surface area contributed by atoms with Crippen LogP contribution in [0.25, 0.3) is 0 Å². The molecule has 5 aliphatic rings. The second-order valence-electron chi connectivity index (χ2n) is 14.4. The number of rotatable bonds is 5. The van der Waals surface area contributed by atoms with Crippen LogP contribution in [0.2, 0.25) is 0 Å². The van der Waals surface area contributed by atoms with Crippen LogP contribution in [0, 0.1) is 28.1 Å². The molecular weight excluding hydrogens is 580 g/mol. The molecule has 2 aliphatic heterocycles. The number of carbonyl (C=O) groups excluding carboxylic acids is 3. The largest absolute Gasteiger partial charge is 0.472 e. The van der Waals surface area contributed by atoms with E-state index < -0.39 is 71.0 Å². The number of esters is 3. The molecule has 246 valence electrons. The Balaban J connectivity index is 1.61. The molecule has 0 amide bonds. The lowest BCUT2D eigenvalue weighted by Crippen LogP contribution is -2.72. The first-order valence-electron chi connectivity index (χ1n) is 16.0. The summed E-state index contributed by atoms with van der Waals surface area (Å²) in [6, 6.07) is 1.94. The summed E-state index contributed by atoms with van der Waals surface area (Å²) in [5, 5.41) is 11.6. The molecule has 1 aromatic heterocycles. The number of hydrogen-bond acceptors (Lipinski definition) is 10. The van der Waals surface area contributed by atoms with Crippen LogP contribution in [0.3, 0.4) is 0 Å². The number of ether oxygens (including phenoxy) is 5. The molecular formula is C35H46O10. The van der Waals surface area contributed by atoms with E-state index in [1.807, 2.05) is 13.0 Å². The highest BCUT2D eigenvalue weighted by Gasteiger charge is 2.77. The van der Waals surface area contributed by atoms with E-state index in [1.54, 1.807) is 32.4 Å². The SMILES string of the molecule is CC=C(C)C(=O)O[C@@H]1[C@@H]2OC[C@]3(C)[C@H](OC(C)=O)C[C@H](OC(C)=O)[C@@](C)([C@@H]23)[C@H]2C[C@H](O)O[C@H]3C[C@@H](c4ccoc4)C(C)=C3[C@]12C. The minimum Gasteiger partial charge on any atom is -0.472 e. The van der Waals surface area contributed by atoms with E-state index in [0.29, 0.717) is 12.0 Å². The van der Waals surface area contributed by atoms with Gasteiger partial charge in [-0.1, -0.05) is 32.4 Å². The number of hydrogen-bond donors (Lipinski definition) is 1. The van der Waals surface area contributed by atoms with Gasteiger partial charge in [-0.3, -0.25) is 9.59 Å². The molecule has 2 saturated heterocycles. The Morgan fingerprint density at radius 3 is 2.31 bits per heavy atom. The number of carbonyl (C=O) groups is 3. The van der Waals surface area contributed by atoms with Crippen molar-refractivity contribution in [3.8, 4) is 0 Å². The minimum atomic E-state index is -1.12. The van der Waals surface area contributed by atoms with E-state index in [4.69, 9.17) is 28.1 Å². The standard InChI is InChI=1S/C35H46O10/c1-9-17(2)32(39)45-31-29-30-33(6,16-41-29)25(42-19(4)36)14-26(43-20(5)37)34(30,7)24-13-27(38)44-23-12-22(21-10-11-40-15-21)18(3)28(23)35(24,31)8/h9-11,15,22-27,29-31,38H,12-14,16H2,1-8H3/t22-,23+,24-,25-,26+,27-,29-,30+,31-,33-,34+,35-/m1/s1. The fourth-order valence-electron chi connectivity index (χ4n) is 10.3. The Labute approximate surface area is 264 Å². The molecule has 0 spiro atoms. The van der Waals surface area contributed by atoms with Crippen LogP contribution in [0.1, 0.15) is 86.1 Å². The van der Waals surface area contributed by atoms with Gasteiger partial charge in [0.15, 0.2) is 6.29 Å². The average Bonchev–Trinajstić information content (AvgIpc) is 3.68. The highest BCUT2D eigenvalue weighted by molar-refractivity contribution is 5.87. The summed E-state index contributed by atoms with van der Waals surface area (Å²) in [4.78, 5) is 38.7. The molecule has 0 radical (unpaired) electrons. The first-order valence-corrected chi connectivity index (χ1v) is 16.0. The van der Waals surface area contributed by atoms with Gasteiger partial charge in [0.25, 0.3) is 0 Å². The van der Waals surface area contributed by atoms with Crippen molar-refractivity contribution in [1.29, 1.82) is 0 Å². The summed E-state index contributed by atoms with van der Waals surface area (Å²) in [7, 11) is 0. The van der Waals surface area contributed by atoms with Crippen molar-refractivity contribution >= 4 is 17.9 Å². The maximum absolute atomic E-state index is 13.7. The van der Waals surface area contributed by atoms with Crippen LogP contribution in [-0.2, 0) is 38.1 Å². The van der Waals surface area contributed by atoms with E-state index in [0.717, 1.165) is 16.7 Å². The molecule has 0 unspecified atom stereocenters. The van der Waals surface area contributed by atoms with Gasteiger partial charge in [0.05, 0.1) is 31.3 Å². The summed E-state index contributed by atoms with van der Waals surface area (Å²) in [6.45, 7) is 14.9. The third-order valence-electron chi connectivity index (χ3n) is 12.1. The zero-order valence-electron chi connectivity index (χ0n) is 27.5. The number of fused-ring (bicyclic) bond motifs is 4. The summed E-state index contributed by atoms with van der Waals surface area (Å²) in [6.07, 6.45) is 1.99. The van der Waals surface area contributed by atoms with Crippen molar-refractivity contribution in [1.82, 2.24) is 0 Å². The van der Waals surface area contributed by atoms with E-state index in [2.05, 4.69) is 20.8 Å². The van der Waals surface area contributed by atoms with Gasteiger partial charge in [0.1, 0.15) is 18.3 Å². The fourth-order valence-corrected chi connectivity index (χ4v) is 10.3. The zero-order chi connectivity index (χ0) is 32.6. The van der Waals surface area contributed by atoms with Gasteiger partial charge in [0.2, 0.25) is 0 Å². The van der Waals surface area contributed by atoms with Gasteiger partial charge in [-0.2, -0.15) is 0 Å². The molecule has 4 fully saturated rings. The first kappa shape index (κ1) is 32.0. The number of furan rings is 1. The summed E-state index contributed by atoms with van der Waals surface area (Å²) in [5.74, 6) is -2.08. The molecule has 2 saturated carbocycles. The molecule has 10 nitrogen and oxygen atoms in total. The van der Waals surface area contributed by atoms with Crippen molar-refractivity contribution in [3.05, 3.63) is 47.0 Å². The Hall–Kier alpha value is -2.95. The maximum atomic E-state index is 13.7. The van der Waals surface area contributed by atoms with Gasteiger partial charge in [0, 0.05) is 60.3 Å². The van der Waals surface area contributed by atoms with Crippen LogP contribution in [-0.4, -0.2) is 66.4 Å². The quantitative estimate of drug-likeness (QED) is 0.206. The second-order valence-corrected chi connectivity index (χ2v) is 14.4. The van der Waals surface area contributed by atoms with Crippen LogP contribution >= 0.6 is 0 Å². The lowest BCUT2D eigenvalue weighted by molar-refractivity contribution is -0.262. The zero-order valence-corrected chi connectivity index (χ0v) is 27.5. The van der Waals surface area contributed by atoms with Gasteiger partial charge < -0.3 is 33.2 Å². The topological polar surface area (TPSA) is 131 Å². The van der Waals surface area contributed by atoms with Crippen LogP contribution in [0.4, 0.5) is 0 Å². The Morgan fingerprint density at radius 1 is 1.00 bits per heavy atom.